The molecule has 37 heavy (non-hydrogen) atoms. The molecule has 0 radical (unpaired) electrons. The van der Waals surface area contributed by atoms with E-state index >= 15 is 0 Å². The first-order valence-corrected chi connectivity index (χ1v) is 12.9. The van der Waals surface area contributed by atoms with Crippen LogP contribution in [0.15, 0.2) is 11.1 Å². The first kappa shape index (κ1) is 32.7. The summed E-state index contributed by atoms with van der Waals surface area (Å²) in [6.07, 6.45) is -1.30. The van der Waals surface area contributed by atoms with Gasteiger partial charge in [-0.3, -0.25) is 18.2 Å². The second-order valence-electron chi connectivity index (χ2n) is 7.54. The molecule has 0 unspecified atom stereocenters. The molecule has 20 nitrogen and oxygen atoms in total. The molecule has 0 aromatic carbocycles. The normalized spacial score (nSPS) is 21.9. The van der Waals surface area contributed by atoms with Crippen molar-refractivity contribution in [2.75, 3.05) is 32.5 Å². The average molecular weight is 580 g/mol. The van der Waals surface area contributed by atoms with Gasteiger partial charge in [-0.2, -0.15) is 16.8 Å². The molecule has 0 bridgehead atoms. The van der Waals surface area contributed by atoms with Crippen LogP contribution >= 0.6 is 0 Å². The molecular formula is C15H29N7O13S2. The zero-order valence-electron chi connectivity index (χ0n) is 19.2. The number of hydrogen-bond donors (Lipinski definition) is 9. The van der Waals surface area contributed by atoms with Crippen molar-refractivity contribution in [2.24, 2.45) is 5.90 Å². The van der Waals surface area contributed by atoms with Gasteiger partial charge < -0.3 is 35.4 Å². The van der Waals surface area contributed by atoms with E-state index in [1.807, 2.05) is 11.9 Å². The Morgan fingerprint density at radius 3 is 2.22 bits per heavy atom. The second-order valence-corrected chi connectivity index (χ2v) is 9.33. The first-order chi connectivity index (χ1) is 16.9. The van der Waals surface area contributed by atoms with Gasteiger partial charge in [0, 0.05) is 6.54 Å². The molecule has 22 heteroatoms. The van der Waals surface area contributed by atoms with E-state index < -0.39 is 51.0 Å². The minimum atomic E-state index is -4.67. The number of aromatic nitrogens is 4. The topological polar surface area (TPSA) is 327 Å². The van der Waals surface area contributed by atoms with Gasteiger partial charge in [0.25, 0.3) is 0 Å². The summed E-state index contributed by atoms with van der Waals surface area (Å²) in [5.74, 6) is 5.10. The summed E-state index contributed by atoms with van der Waals surface area (Å²) in [6.45, 7) is 1.60. The molecule has 2 aromatic heterocycles. The number of ether oxygens (including phenoxy) is 1. The van der Waals surface area contributed by atoms with Crippen molar-refractivity contribution in [3.63, 3.8) is 0 Å². The molecule has 3 rings (SSSR count). The molecule has 1 saturated heterocycles. The molecule has 0 amide bonds. The SMILES string of the molecule is CN(CCCCON)C[C@H]1O[C@@H](n2c(=O)[nH]c3c(N)ncnc32)[C@H](O)[C@@H]1O.O=S(=O)(O)O.O=S(=O)(O)O. The Bertz CT molecular complexity index is 1220. The van der Waals surface area contributed by atoms with Crippen LogP contribution in [0.25, 0.3) is 11.2 Å². The van der Waals surface area contributed by atoms with Gasteiger partial charge in [-0.1, -0.05) is 0 Å². The van der Waals surface area contributed by atoms with Crippen LogP contribution in [-0.4, -0.2) is 115 Å². The van der Waals surface area contributed by atoms with E-state index in [1.165, 1.54) is 6.33 Å². The number of fused-ring (bicyclic) bond motifs is 1. The number of H-pyrrole nitrogens is 1. The highest BCUT2D eigenvalue weighted by molar-refractivity contribution is 7.80. The number of imidazole rings is 1. The number of hydrogen-bond acceptors (Lipinski definition) is 14. The van der Waals surface area contributed by atoms with Gasteiger partial charge in [-0.05, 0) is 26.4 Å². The van der Waals surface area contributed by atoms with E-state index in [0.29, 0.717) is 13.2 Å². The number of anilines is 1. The maximum absolute atomic E-state index is 12.3. The number of unbranched alkanes of at least 4 members (excludes halogenated alkanes) is 1. The predicted octanol–water partition coefficient (Wildman–Crippen LogP) is -3.38. The Morgan fingerprint density at radius 2 is 1.68 bits per heavy atom. The van der Waals surface area contributed by atoms with E-state index in [9.17, 15) is 15.0 Å². The maximum Gasteiger partial charge on any atom is 0.394 e. The van der Waals surface area contributed by atoms with Gasteiger partial charge in [0.2, 0.25) is 0 Å². The van der Waals surface area contributed by atoms with Crippen LogP contribution in [0.2, 0.25) is 0 Å². The average Bonchev–Trinajstić information content (AvgIpc) is 3.20. The molecule has 214 valence electrons. The summed E-state index contributed by atoms with van der Waals surface area (Å²) in [7, 11) is -7.45. The summed E-state index contributed by atoms with van der Waals surface area (Å²) >= 11 is 0. The van der Waals surface area contributed by atoms with Gasteiger partial charge in [-0.15, -0.1) is 0 Å². The minimum Gasteiger partial charge on any atom is -0.387 e. The lowest BCUT2D eigenvalue weighted by Gasteiger charge is -2.22. The Morgan fingerprint density at radius 1 is 1.11 bits per heavy atom. The highest BCUT2D eigenvalue weighted by Crippen LogP contribution is 2.31. The number of nitrogens with zero attached hydrogens (tertiary/aromatic N) is 4. The van der Waals surface area contributed by atoms with Crippen LogP contribution in [0.5, 0.6) is 0 Å². The zero-order valence-corrected chi connectivity index (χ0v) is 20.9. The first-order valence-electron chi connectivity index (χ1n) is 10.1. The van der Waals surface area contributed by atoms with Crippen LogP contribution in [0.3, 0.4) is 0 Å². The summed E-state index contributed by atoms with van der Waals surface area (Å²) < 4.78 is 70.1. The third-order valence-corrected chi connectivity index (χ3v) is 4.67. The molecule has 11 N–H and O–H groups in total. The Labute approximate surface area is 209 Å². The Kier molecular flexibility index (Phi) is 12.3. The second kappa shape index (κ2) is 14.0. The summed E-state index contributed by atoms with van der Waals surface area (Å²) in [4.78, 5) is 29.3. The van der Waals surface area contributed by atoms with Gasteiger partial charge in [0.15, 0.2) is 17.7 Å². The number of aliphatic hydroxyl groups is 2. The summed E-state index contributed by atoms with van der Waals surface area (Å²) in [5, 5.41) is 20.8. The van der Waals surface area contributed by atoms with Crippen molar-refractivity contribution in [1.82, 2.24) is 24.4 Å². The summed E-state index contributed by atoms with van der Waals surface area (Å²) in [5.41, 5.74) is 5.67. The van der Waals surface area contributed by atoms with Crippen LogP contribution in [0, 0.1) is 0 Å². The van der Waals surface area contributed by atoms with E-state index in [2.05, 4.69) is 19.8 Å². The van der Waals surface area contributed by atoms with Crippen molar-refractivity contribution in [2.45, 2.75) is 37.4 Å². The number of rotatable bonds is 8. The van der Waals surface area contributed by atoms with Gasteiger partial charge in [-0.25, -0.2) is 25.2 Å². The molecular weight excluding hydrogens is 550 g/mol. The van der Waals surface area contributed by atoms with Gasteiger partial charge >= 0.3 is 26.5 Å². The zero-order chi connectivity index (χ0) is 28.6. The smallest absolute Gasteiger partial charge is 0.387 e. The van der Waals surface area contributed by atoms with Crippen molar-refractivity contribution in [3.8, 4) is 0 Å². The van der Waals surface area contributed by atoms with Crippen LogP contribution < -0.4 is 17.3 Å². The number of aliphatic hydroxyl groups excluding tert-OH is 2. The number of nitrogen functional groups attached to an aromatic ring is 1. The third-order valence-electron chi connectivity index (χ3n) is 4.67. The molecule has 0 spiro atoms. The van der Waals surface area contributed by atoms with Crippen LogP contribution in [-0.2, 0) is 30.4 Å². The Hall–Kier alpha value is -2.35. The molecule has 0 aliphatic carbocycles. The Balaban J connectivity index is 0.000000583. The summed E-state index contributed by atoms with van der Waals surface area (Å²) in [6, 6.07) is 0. The number of nitrogens with two attached hydrogens (primary N) is 2. The van der Waals surface area contributed by atoms with Crippen LogP contribution in [0.1, 0.15) is 19.1 Å². The van der Waals surface area contributed by atoms with E-state index in [0.717, 1.165) is 24.0 Å². The third kappa shape index (κ3) is 11.7. The number of likely N-dealkylation sites (N-methyl/N-ethyl adjacent to an activating group) is 1. The molecule has 0 saturated carbocycles. The van der Waals surface area contributed by atoms with E-state index in [-0.39, 0.29) is 17.0 Å². The molecule has 1 fully saturated rings. The van der Waals surface area contributed by atoms with Gasteiger partial charge in [0.1, 0.15) is 30.2 Å². The van der Waals surface area contributed by atoms with E-state index in [4.69, 9.17) is 51.4 Å². The fraction of sp³-hybridized carbons (Fsp3) is 0.667. The maximum atomic E-state index is 12.3. The molecule has 1 aliphatic rings. The minimum absolute atomic E-state index is 0.113. The van der Waals surface area contributed by atoms with Crippen molar-refractivity contribution >= 4 is 37.8 Å². The largest absolute Gasteiger partial charge is 0.394 e. The molecule has 4 atom stereocenters. The lowest BCUT2D eigenvalue weighted by atomic mass is 10.1. The standard InChI is InChI=1S/C15H25N7O5.2H2O4S/c1-21(4-2-3-5-26-17)6-8-10(23)11(24)14(27-8)22-13-9(20-15(22)25)12(16)18-7-19-13;2*1-5(2,3)4/h7-8,10-11,14,23-24H,2-6,17H2,1H3,(H,20,25)(H2,16,18,19);2*(H2,1,2,3,4)/t8-,10-,11-,14-;;/m1../s1. The predicted molar refractivity (Wildman–Crippen MR) is 124 cm³/mol. The number of nitrogens with one attached hydrogen (secondary N) is 1. The quantitative estimate of drug-likeness (QED) is 0.0836. The fourth-order valence-corrected chi connectivity index (χ4v) is 3.25. The van der Waals surface area contributed by atoms with E-state index in [1.54, 1.807) is 0 Å². The van der Waals surface area contributed by atoms with Crippen molar-refractivity contribution < 1.29 is 54.8 Å². The number of aromatic amines is 1. The van der Waals surface area contributed by atoms with Crippen molar-refractivity contribution in [3.05, 3.63) is 16.8 Å². The van der Waals surface area contributed by atoms with Gasteiger partial charge in [0.05, 0.1) is 6.61 Å². The molecule has 3 heterocycles. The molecule has 1 aliphatic heterocycles. The van der Waals surface area contributed by atoms with Crippen LogP contribution in [0.4, 0.5) is 5.82 Å². The lowest BCUT2D eigenvalue weighted by molar-refractivity contribution is -0.0438. The molecule has 2 aromatic rings. The highest BCUT2D eigenvalue weighted by atomic mass is 32.3. The highest BCUT2D eigenvalue weighted by Gasteiger charge is 2.45. The van der Waals surface area contributed by atoms with Crippen molar-refractivity contribution in [1.29, 1.82) is 0 Å². The fourth-order valence-electron chi connectivity index (χ4n) is 3.25. The lowest BCUT2D eigenvalue weighted by Crippen LogP contribution is -2.39. The monoisotopic (exact) mass is 579 g/mol.